The van der Waals surface area contributed by atoms with Gasteiger partial charge in [0.05, 0.1) is 5.69 Å². The minimum Gasteiger partial charge on any atom is -0.396 e. The number of nitrogens with two attached hydrogens (primary N) is 1. The van der Waals surface area contributed by atoms with Crippen molar-refractivity contribution in [2.75, 3.05) is 5.73 Å². The summed E-state index contributed by atoms with van der Waals surface area (Å²) in [6, 6.07) is 1.96. The van der Waals surface area contributed by atoms with Crippen molar-refractivity contribution in [3.63, 3.8) is 0 Å². The van der Waals surface area contributed by atoms with E-state index in [9.17, 15) is 0 Å². The molecule has 2 rings (SSSR count). The van der Waals surface area contributed by atoms with Crippen molar-refractivity contribution >= 4 is 28.3 Å². The number of nitrogen functional groups attached to an aromatic ring is 1. The van der Waals surface area contributed by atoms with Gasteiger partial charge in [-0.25, -0.2) is 4.98 Å². The Morgan fingerprint density at radius 1 is 1.58 bits per heavy atom. The first kappa shape index (κ1) is 7.43. The average Bonchev–Trinajstić information content (AvgIpc) is 2.31. The Morgan fingerprint density at radius 2 is 2.33 bits per heavy atom. The number of pyridine rings is 1. The third kappa shape index (κ3) is 0.940. The molecule has 2 aromatic heterocycles. The minimum absolute atomic E-state index is 0.461. The van der Waals surface area contributed by atoms with Crippen LogP contribution in [0, 0.1) is 6.92 Å². The summed E-state index contributed by atoms with van der Waals surface area (Å²) < 4.78 is 0. The van der Waals surface area contributed by atoms with Crippen LogP contribution in [0.5, 0.6) is 0 Å². The molecule has 2 heterocycles. The van der Waals surface area contributed by atoms with Crippen LogP contribution in [0.2, 0.25) is 5.15 Å². The predicted octanol–water partition coefficient (Wildman–Crippen LogP) is 2.11. The quantitative estimate of drug-likeness (QED) is 0.654. The zero-order valence-corrected chi connectivity index (χ0v) is 7.31. The molecule has 0 saturated carbocycles. The summed E-state index contributed by atoms with van der Waals surface area (Å²) in [5.41, 5.74) is 8.09. The summed E-state index contributed by atoms with van der Waals surface area (Å²) in [4.78, 5) is 7.03. The zero-order chi connectivity index (χ0) is 8.72. The van der Waals surface area contributed by atoms with Gasteiger partial charge in [0.2, 0.25) is 0 Å². The van der Waals surface area contributed by atoms with E-state index in [-0.39, 0.29) is 0 Å². The highest BCUT2D eigenvalue weighted by molar-refractivity contribution is 6.34. The first-order chi connectivity index (χ1) is 5.68. The molecular formula is C8H8ClN3. The lowest BCUT2D eigenvalue weighted by molar-refractivity contribution is 1.29. The highest BCUT2D eigenvalue weighted by Crippen LogP contribution is 2.27. The monoisotopic (exact) mass is 181 g/mol. The Balaban J connectivity index is 2.88. The molecule has 3 N–H and O–H groups in total. The third-order valence-electron chi connectivity index (χ3n) is 1.78. The van der Waals surface area contributed by atoms with Crippen LogP contribution in [-0.2, 0) is 0 Å². The van der Waals surface area contributed by atoms with Crippen LogP contribution in [0.15, 0.2) is 12.3 Å². The second-order valence-electron chi connectivity index (χ2n) is 2.76. The SMILES string of the molecule is Cc1cnc2[nH]c(Cl)c(N)c2c1. The van der Waals surface area contributed by atoms with E-state index in [2.05, 4.69) is 9.97 Å². The van der Waals surface area contributed by atoms with E-state index in [1.807, 2.05) is 13.0 Å². The fraction of sp³-hybridized carbons (Fsp3) is 0.125. The van der Waals surface area contributed by atoms with Gasteiger partial charge >= 0.3 is 0 Å². The van der Waals surface area contributed by atoms with Crippen molar-refractivity contribution in [3.05, 3.63) is 23.0 Å². The molecule has 0 radical (unpaired) electrons. The van der Waals surface area contributed by atoms with Gasteiger partial charge in [-0.1, -0.05) is 11.6 Å². The van der Waals surface area contributed by atoms with Gasteiger partial charge in [0.1, 0.15) is 10.8 Å². The van der Waals surface area contributed by atoms with Crippen molar-refractivity contribution < 1.29 is 0 Å². The first-order valence-corrected chi connectivity index (χ1v) is 3.95. The van der Waals surface area contributed by atoms with E-state index in [1.54, 1.807) is 6.20 Å². The van der Waals surface area contributed by atoms with Crippen LogP contribution in [0.25, 0.3) is 11.0 Å². The third-order valence-corrected chi connectivity index (χ3v) is 2.08. The fourth-order valence-corrected chi connectivity index (χ4v) is 1.35. The topological polar surface area (TPSA) is 54.7 Å². The Hall–Kier alpha value is -1.22. The molecule has 4 heteroatoms. The van der Waals surface area contributed by atoms with Crippen molar-refractivity contribution in [1.29, 1.82) is 0 Å². The number of fused-ring (bicyclic) bond motifs is 1. The lowest BCUT2D eigenvalue weighted by Crippen LogP contribution is -1.83. The molecule has 0 spiro atoms. The summed E-state index contributed by atoms with van der Waals surface area (Å²) in [5.74, 6) is 0. The Morgan fingerprint density at radius 3 is 3.08 bits per heavy atom. The van der Waals surface area contributed by atoms with E-state index < -0.39 is 0 Å². The number of H-pyrrole nitrogens is 1. The maximum absolute atomic E-state index is 5.78. The second-order valence-corrected chi connectivity index (χ2v) is 3.14. The van der Waals surface area contributed by atoms with Crippen molar-refractivity contribution in [2.24, 2.45) is 0 Å². The molecule has 2 aromatic rings. The highest BCUT2D eigenvalue weighted by atomic mass is 35.5. The normalized spacial score (nSPS) is 10.8. The lowest BCUT2D eigenvalue weighted by Gasteiger charge is -1.92. The Bertz CT molecular complexity index is 433. The van der Waals surface area contributed by atoms with Gasteiger partial charge in [0.15, 0.2) is 0 Å². The molecule has 0 saturated heterocycles. The second kappa shape index (κ2) is 2.38. The number of nitrogens with zero attached hydrogens (tertiary/aromatic N) is 1. The van der Waals surface area contributed by atoms with Gasteiger partial charge in [-0.05, 0) is 18.6 Å². The van der Waals surface area contributed by atoms with Crippen molar-refractivity contribution in [2.45, 2.75) is 6.92 Å². The number of anilines is 1. The molecule has 0 aromatic carbocycles. The minimum atomic E-state index is 0.461. The van der Waals surface area contributed by atoms with Crippen LogP contribution in [0.4, 0.5) is 5.69 Å². The van der Waals surface area contributed by atoms with Gasteiger partial charge < -0.3 is 10.7 Å². The van der Waals surface area contributed by atoms with E-state index >= 15 is 0 Å². The van der Waals surface area contributed by atoms with Crippen molar-refractivity contribution in [1.82, 2.24) is 9.97 Å². The summed E-state index contributed by atoms with van der Waals surface area (Å²) >= 11 is 5.78. The number of halogens is 1. The molecule has 0 unspecified atom stereocenters. The lowest BCUT2D eigenvalue weighted by atomic mass is 10.2. The summed E-state index contributed by atoms with van der Waals surface area (Å²) in [5, 5.41) is 1.35. The molecule has 12 heavy (non-hydrogen) atoms. The molecule has 0 bridgehead atoms. The molecule has 0 amide bonds. The van der Waals surface area contributed by atoms with Gasteiger partial charge in [0, 0.05) is 11.6 Å². The maximum Gasteiger partial charge on any atom is 0.140 e. The first-order valence-electron chi connectivity index (χ1n) is 3.58. The summed E-state index contributed by atoms with van der Waals surface area (Å²) in [7, 11) is 0. The molecule has 62 valence electrons. The van der Waals surface area contributed by atoms with Crippen molar-refractivity contribution in [3.8, 4) is 0 Å². The van der Waals surface area contributed by atoms with Crippen LogP contribution in [0.1, 0.15) is 5.56 Å². The van der Waals surface area contributed by atoms with Crippen LogP contribution >= 0.6 is 11.6 Å². The van der Waals surface area contributed by atoms with Crippen LogP contribution in [-0.4, -0.2) is 9.97 Å². The van der Waals surface area contributed by atoms with Gasteiger partial charge in [-0.15, -0.1) is 0 Å². The van der Waals surface area contributed by atoms with E-state index in [0.29, 0.717) is 10.8 Å². The number of hydrogen-bond donors (Lipinski definition) is 2. The van der Waals surface area contributed by atoms with Crippen LogP contribution < -0.4 is 5.73 Å². The number of hydrogen-bond acceptors (Lipinski definition) is 2. The maximum atomic E-state index is 5.78. The number of aromatic amines is 1. The predicted molar refractivity (Wildman–Crippen MR) is 50.3 cm³/mol. The summed E-state index contributed by atoms with van der Waals surface area (Å²) in [6.45, 7) is 1.97. The number of rotatable bonds is 0. The van der Waals surface area contributed by atoms with E-state index in [1.165, 1.54) is 0 Å². The largest absolute Gasteiger partial charge is 0.396 e. The molecule has 0 aliphatic heterocycles. The molecule has 0 fully saturated rings. The number of aryl methyl sites for hydroxylation is 1. The Kier molecular flexibility index (Phi) is 1.48. The standard InChI is InChI=1S/C8H8ClN3/c1-4-2-5-6(10)7(9)12-8(5)11-3-4/h2-3H,10H2,1H3,(H,11,12). The average molecular weight is 182 g/mol. The molecule has 0 aliphatic rings. The zero-order valence-electron chi connectivity index (χ0n) is 6.56. The van der Waals surface area contributed by atoms with E-state index in [4.69, 9.17) is 17.3 Å². The molecular weight excluding hydrogens is 174 g/mol. The fourth-order valence-electron chi connectivity index (χ4n) is 1.16. The molecule has 0 aliphatic carbocycles. The highest BCUT2D eigenvalue weighted by Gasteiger charge is 2.06. The van der Waals surface area contributed by atoms with Gasteiger partial charge in [-0.3, -0.25) is 0 Å². The molecule has 0 atom stereocenters. The van der Waals surface area contributed by atoms with Gasteiger partial charge in [0.25, 0.3) is 0 Å². The van der Waals surface area contributed by atoms with Crippen LogP contribution in [0.3, 0.4) is 0 Å². The smallest absolute Gasteiger partial charge is 0.140 e. The Labute approximate surface area is 74.5 Å². The van der Waals surface area contributed by atoms with E-state index in [0.717, 1.165) is 16.6 Å². The number of nitrogens with one attached hydrogen (secondary N) is 1. The van der Waals surface area contributed by atoms with Gasteiger partial charge in [-0.2, -0.15) is 0 Å². The molecule has 3 nitrogen and oxygen atoms in total. The number of aromatic nitrogens is 2. The summed E-state index contributed by atoms with van der Waals surface area (Å²) in [6.07, 6.45) is 1.77.